The average Bonchev–Trinajstić information content (AvgIpc) is 3.23. The summed E-state index contributed by atoms with van der Waals surface area (Å²) in [7, 11) is 0. The molecule has 0 spiro atoms. The van der Waals surface area contributed by atoms with Gasteiger partial charge in [-0.3, -0.25) is 4.98 Å². The van der Waals surface area contributed by atoms with E-state index in [9.17, 15) is 0 Å². The number of nitrogens with zero attached hydrogens (tertiary/aromatic N) is 2. The molecule has 1 aromatic carbocycles. The van der Waals surface area contributed by atoms with Crippen molar-refractivity contribution in [1.29, 1.82) is 0 Å². The van der Waals surface area contributed by atoms with E-state index in [2.05, 4.69) is 63.8 Å². The number of benzene rings is 1. The van der Waals surface area contributed by atoms with Gasteiger partial charge >= 0.3 is 0 Å². The van der Waals surface area contributed by atoms with Crippen LogP contribution in [0.5, 0.6) is 5.75 Å². The Bertz CT molecular complexity index is 796. The first-order valence-electron chi connectivity index (χ1n) is 9.30. The van der Waals surface area contributed by atoms with Crippen LogP contribution in [0.3, 0.4) is 0 Å². The topological polar surface area (TPSA) is 25.4 Å². The van der Waals surface area contributed by atoms with E-state index in [4.69, 9.17) is 4.74 Å². The number of rotatable bonds is 6. The highest BCUT2D eigenvalue weighted by atomic mass is 32.1. The molecule has 1 aliphatic rings. The average molecular weight is 365 g/mol. The smallest absolute Gasteiger partial charge is 0.120 e. The monoisotopic (exact) mass is 364 g/mol. The number of thiophene rings is 1. The number of hydrogen-bond acceptors (Lipinski definition) is 4. The van der Waals surface area contributed by atoms with E-state index in [1.807, 2.05) is 12.3 Å². The maximum absolute atomic E-state index is 6.27. The summed E-state index contributed by atoms with van der Waals surface area (Å²) in [5, 5.41) is 2.11. The molecule has 0 saturated carbocycles. The van der Waals surface area contributed by atoms with Gasteiger partial charge in [-0.1, -0.05) is 24.3 Å². The van der Waals surface area contributed by atoms with Crippen LogP contribution in [0.25, 0.3) is 10.4 Å². The fourth-order valence-corrected chi connectivity index (χ4v) is 4.15. The van der Waals surface area contributed by atoms with Crippen LogP contribution in [0.4, 0.5) is 0 Å². The lowest BCUT2D eigenvalue weighted by Gasteiger charge is -2.32. The number of likely N-dealkylation sites (tertiary alicyclic amines) is 1. The summed E-state index contributed by atoms with van der Waals surface area (Å²) in [5.41, 5.74) is 2.42. The maximum Gasteiger partial charge on any atom is 0.120 e. The summed E-state index contributed by atoms with van der Waals surface area (Å²) < 4.78 is 6.27. The molecular formula is C22H24N2OS. The zero-order valence-electron chi connectivity index (χ0n) is 14.9. The Morgan fingerprint density at radius 2 is 1.96 bits per heavy atom. The van der Waals surface area contributed by atoms with E-state index in [0.717, 1.165) is 44.6 Å². The second-order valence-corrected chi connectivity index (χ2v) is 7.68. The van der Waals surface area contributed by atoms with Crippen molar-refractivity contribution in [2.24, 2.45) is 0 Å². The van der Waals surface area contributed by atoms with Gasteiger partial charge in [-0.25, -0.2) is 0 Å². The zero-order valence-corrected chi connectivity index (χ0v) is 15.7. The molecule has 3 heterocycles. The maximum atomic E-state index is 6.27. The van der Waals surface area contributed by atoms with E-state index in [1.165, 1.54) is 16.1 Å². The SMILES string of the molecule is c1ccc(CCN2CCC(Oc3cccc(-c4cccs4)c3)CC2)nc1. The van der Waals surface area contributed by atoms with Crippen LogP contribution in [-0.4, -0.2) is 35.6 Å². The molecular weight excluding hydrogens is 340 g/mol. The van der Waals surface area contributed by atoms with E-state index in [1.54, 1.807) is 11.3 Å². The van der Waals surface area contributed by atoms with Crippen LogP contribution in [0.15, 0.2) is 66.2 Å². The van der Waals surface area contributed by atoms with Crippen molar-refractivity contribution >= 4 is 11.3 Å². The number of piperidine rings is 1. The van der Waals surface area contributed by atoms with Gasteiger partial charge in [0.05, 0.1) is 0 Å². The zero-order chi connectivity index (χ0) is 17.6. The third-order valence-electron chi connectivity index (χ3n) is 4.89. The second kappa shape index (κ2) is 8.47. The number of hydrogen-bond donors (Lipinski definition) is 0. The molecule has 1 saturated heterocycles. The third kappa shape index (κ3) is 4.51. The first-order chi connectivity index (χ1) is 12.9. The molecule has 26 heavy (non-hydrogen) atoms. The van der Waals surface area contributed by atoms with Gasteiger partial charge in [0, 0.05) is 42.8 Å². The molecule has 134 valence electrons. The van der Waals surface area contributed by atoms with Crippen molar-refractivity contribution < 1.29 is 4.74 Å². The van der Waals surface area contributed by atoms with Crippen molar-refractivity contribution in [3.05, 3.63) is 71.9 Å². The molecule has 0 unspecified atom stereocenters. The van der Waals surface area contributed by atoms with Gasteiger partial charge < -0.3 is 9.64 Å². The molecule has 0 aliphatic carbocycles. The van der Waals surface area contributed by atoms with Gasteiger partial charge in [0.1, 0.15) is 11.9 Å². The molecule has 1 aliphatic heterocycles. The van der Waals surface area contributed by atoms with Crippen LogP contribution in [-0.2, 0) is 6.42 Å². The number of pyridine rings is 1. The highest BCUT2D eigenvalue weighted by Crippen LogP contribution is 2.29. The van der Waals surface area contributed by atoms with E-state index in [0.29, 0.717) is 6.10 Å². The van der Waals surface area contributed by atoms with E-state index < -0.39 is 0 Å². The lowest BCUT2D eigenvalue weighted by molar-refractivity contribution is 0.101. The Hall–Kier alpha value is -2.17. The van der Waals surface area contributed by atoms with Crippen molar-refractivity contribution in [2.45, 2.75) is 25.4 Å². The normalized spacial score (nSPS) is 15.8. The molecule has 0 amide bonds. The fraction of sp³-hybridized carbons (Fsp3) is 0.318. The molecule has 3 aromatic rings. The minimum absolute atomic E-state index is 0.319. The van der Waals surface area contributed by atoms with Crippen LogP contribution >= 0.6 is 11.3 Å². The van der Waals surface area contributed by atoms with Crippen LogP contribution in [0, 0.1) is 0 Å². The van der Waals surface area contributed by atoms with Gasteiger partial charge in [-0.2, -0.15) is 0 Å². The minimum Gasteiger partial charge on any atom is -0.490 e. The summed E-state index contributed by atoms with van der Waals surface area (Å²) in [6, 6.07) is 18.9. The number of aromatic nitrogens is 1. The highest BCUT2D eigenvalue weighted by molar-refractivity contribution is 7.13. The predicted molar refractivity (Wildman–Crippen MR) is 108 cm³/mol. The Morgan fingerprint density at radius 1 is 1.04 bits per heavy atom. The van der Waals surface area contributed by atoms with Gasteiger partial charge in [-0.05, 0) is 54.1 Å². The van der Waals surface area contributed by atoms with Crippen LogP contribution in [0.1, 0.15) is 18.5 Å². The summed E-state index contributed by atoms with van der Waals surface area (Å²) in [5.74, 6) is 0.989. The molecule has 0 atom stereocenters. The lowest BCUT2D eigenvalue weighted by Crippen LogP contribution is -2.39. The van der Waals surface area contributed by atoms with Crippen LogP contribution in [0.2, 0.25) is 0 Å². The largest absolute Gasteiger partial charge is 0.490 e. The molecule has 0 radical (unpaired) electrons. The highest BCUT2D eigenvalue weighted by Gasteiger charge is 2.20. The first-order valence-corrected chi connectivity index (χ1v) is 10.2. The van der Waals surface area contributed by atoms with Crippen molar-refractivity contribution in [2.75, 3.05) is 19.6 Å². The Kier molecular flexibility index (Phi) is 5.62. The molecule has 2 aromatic heterocycles. The van der Waals surface area contributed by atoms with Gasteiger partial charge in [-0.15, -0.1) is 11.3 Å². The lowest BCUT2D eigenvalue weighted by atomic mass is 10.1. The predicted octanol–water partition coefficient (Wildman–Crippen LogP) is 4.90. The molecule has 0 N–H and O–H groups in total. The van der Waals surface area contributed by atoms with Crippen molar-refractivity contribution in [3.63, 3.8) is 0 Å². The molecule has 4 heteroatoms. The molecule has 1 fully saturated rings. The summed E-state index contributed by atoms with van der Waals surface area (Å²) in [6.07, 6.45) is 5.39. The number of ether oxygens (including phenoxy) is 1. The Balaban J connectivity index is 1.27. The third-order valence-corrected chi connectivity index (χ3v) is 5.81. The molecule has 3 nitrogen and oxygen atoms in total. The van der Waals surface area contributed by atoms with Gasteiger partial charge in [0.25, 0.3) is 0 Å². The van der Waals surface area contributed by atoms with Crippen molar-refractivity contribution in [3.8, 4) is 16.2 Å². The standard InChI is InChI=1S/C22H24N2OS/c1-2-12-23-19(6-1)9-13-24-14-10-20(11-15-24)25-21-7-3-5-18(17-21)22-8-4-16-26-22/h1-8,12,16-17,20H,9-11,13-15H2. The molecule has 0 bridgehead atoms. The Morgan fingerprint density at radius 3 is 2.73 bits per heavy atom. The summed E-state index contributed by atoms with van der Waals surface area (Å²) in [6.45, 7) is 3.28. The molecule has 4 rings (SSSR count). The van der Waals surface area contributed by atoms with Gasteiger partial charge in [0.2, 0.25) is 0 Å². The van der Waals surface area contributed by atoms with Crippen molar-refractivity contribution in [1.82, 2.24) is 9.88 Å². The van der Waals surface area contributed by atoms with Crippen LogP contribution < -0.4 is 4.74 Å². The summed E-state index contributed by atoms with van der Waals surface area (Å²) in [4.78, 5) is 8.23. The van der Waals surface area contributed by atoms with E-state index >= 15 is 0 Å². The first kappa shape index (κ1) is 17.3. The fourth-order valence-electron chi connectivity index (χ4n) is 3.43. The Labute approximate surface area is 159 Å². The summed E-state index contributed by atoms with van der Waals surface area (Å²) >= 11 is 1.77. The quantitative estimate of drug-likeness (QED) is 0.622. The minimum atomic E-state index is 0.319. The van der Waals surface area contributed by atoms with E-state index in [-0.39, 0.29) is 0 Å². The second-order valence-electron chi connectivity index (χ2n) is 6.74. The van der Waals surface area contributed by atoms with Gasteiger partial charge in [0.15, 0.2) is 0 Å².